The van der Waals surface area contributed by atoms with E-state index in [1.165, 1.54) is 0 Å². The first-order chi connectivity index (χ1) is 23.3. The van der Waals surface area contributed by atoms with E-state index in [9.17, 15) is 9.59 Å². The summed E-state index contributed by atoms with van der Waals surface area (Å²) in [7, 11) is 0. The Kier molecular flexibility index (Phi) is 11.2. The highest BCUT2D eigenvalue weighted by molar-refractivity contribution is 9.11. The standard InChI is InChI=1S/C38H28Br4N2O4/c39-27-13-15-31-25(21-27)11-17-33(37(31)41)47-23-35(45)43(29-7-3-1-4-8-29)19-20-44(30-9-5-2-6-10-30)36(46)24-48-34-18-12-26-22-28(40)14-16-32(26)38(34)42/h1-18,21-22H,19-20,23-24H2. The fraction of sp³-hybridized carbons (Fsp3) is 0.105. The molecule has 6 rings (SSSR count). The van der Waals surface area contributed by atoms with Crippen LogP contribution in [-0.4, -0.2) is 38.1 Å². The number of halogens is 4. The van der Waals surface area contributed by atoms with Crippen LogP contribution in [0.25, 0.3) is 21.5 Å². The van der Waals surface area contributed by atoms with Gasteiger partial charge in [0, 0.05) is 33.4 Å². The van der Waals surface area contributed by atoms with E-state index < -0.39 is 0 Å². The topological polar surface area (TPSA) is 59.1 Å². The Morgan fingerprint density at radius 1 is 0.500 bits per heavy atom. The summed E-state index contributed by atoms with van der Waals surface area (Å²) in [6, 6.07) is 38.4. The summed E-state index contributed by atoms with van der Waals surface area (Å²) in [5.74, 6) is 0.647. The zero-order chi connectivity index (χ0) is 33.6. The van der Waals surface area contributed by atoms with Crippen molar-refractivity contribution in [3.63, 3.8) is 0 Å². The largest absolute Gasteiger partial charge is 0.483 e. The Morgan fingerprint density at radius 2 is 0.896 bits per heavy atom. The van der Waals surface area contributed by atoms with E-state index in [1.807, 2.05) is 121 Å². The van der Waals surface area contributed by atoms with Gasteiger partial charge in [-0.05, 0) is 114 Å². The van der Waals surface area contributed by atoms with Crippen molar-refractivity contribution in [3.8, 4) is 11.5 Å². The zero-order valence-electron chi connectivity index (χ0n) is 25.4. The van der Waals surface area contributed by atoms with Crippen LogP contribution in [0.2, 0.25) is 0 Å². The average molecular weight is 896 g/mol. The van der Waals surface area contributed by atoms with Gasteiger partial charge in [-0.2, -0.15) is 0 Å². The first kappa shape index (κ1) is 34.2. The molecule has 2 amide bonds. The highest BCUT2D eigenvalue weighted by Crippen LogP contribution is 2.36. The van der Waals surface area contributed by atoms with Crippen molar-refractivity contribution in [1.82, 2.24) is 0 Å². The van der Waals surface area contributed by atoms with Gasteiger partial charge in [0.2, 0.25) is 0 Å². The molecule has 6 aromatic rings. The molecule has 0 aliphatic heterocycles. The molecule has 10 heteroatoms. The quantitative estimate of drug-likeness (QED) is 0.130. The molecule has 48 heavy (non-hydrogen) atoms. The summed E-state index contributed by atoms with van der Waals surface area (Å²) in [6.07, 6.45) is 0. The van der Waals surface area contributed by atoms with Crippen molar-refractivity contribution in [1.29, 1.82) is 0 Å². The van der Waals surface area contributed by atoms with Gasteiger partial charge in [-0.25, -0.2) is 0 Å². The number of fused-ring (bicyclic) bond motifs is 2. The van der Waals surface area contributed by atoms with Crippen LogP contribution in [0.5, 0.6) is 11.5 Å². The third-order valence-electron chi connectivity index (χ3n) is 7.75. The lowest BCUT2D eigenvalue weighted by Crippen LogP contribution is -2.44. The van der Waals surface area contributed by atoms with Crippen molar-refractivity contribution in [2.45, 2.75) is 0 Å². The van der Waals surface area contributed by atoms with E-state index in [2.05, 4.69) is 63.7 Å². The summed E-state index contributed by atoms with van der Waals surface area (Å²) >= 11 is 14.3. The first-order valence-electron chi connectivity index (χ1n) is 15.0. The van der Waals surface area contributed by atoms with Crippen molar-refractivity contribution in [2.75, 3.05) is 36.1 Å². The fourth-order valence-corrected chi connectivity index (χ4v) is 7.33. The summed E-state index contributed by atoms with van der Waals surface area (Å²) in [4.78, 5) is 30.8. The Bertz CT molecular complexity index is 1940. The molecule has 0 radical (unpaired) electrons. The minimum Gasteiger partial charge on any atom is -0.483 e. The number of rotatable bonds is 11. The molecular formula is C38H28Br4N2O4. The van der Waals surface area contributed by atoms with Gasteiger partial charge < -0.3 is 19.3 Å². The Balaban J connectivity index is 1.19. The molecule has 6 nitrogen and oxygen atoms in total. The molecule has 0 unspecified atom stereocenters. The SMILES string of the molecule is O=C(COc1ccc2cc(Br)ccc2c1Br)N(CCN(C(=O)COc1ccc2cc(Br)ccc2c1Br)c1ccccc1)c1ccccc1. The van der Waals surface area contributed by atoms with Crippen molar-refractivity contribution >= 4 is 108 Å². The van der Waals surface area contributed by atoms with Gasteiger partial charge in [0.25, 0.3) is 11.8 Å². The predicted octanol–water partition coefficient (Wildman–Crippen LogP) is 10.6. The second kappa shape index (κ2) is 15.7. The van der Waals surface area contributed by atoms with Gasteiger partial charge in [-0.1, -0.05) is 92.5 Å². The minimum atomic E-state index is -0.243. The molecule has 0 bridgehead atoms. The number of para-hydroxylation sites is 2. The molecule has 0 aliphatic rings. The van der Waals surface area contributed by atoms with Crippen LogP contribution in [-0.2, 0) is 9.59 Å². The molecule has 0 fully saturated rings. The molecule has 0 saturated carbocycles. The van der Waals surface area contributed by atoms with Gasteiger partial charge in [0.05, 0.1) is 8.95 Å². The van der Waals surface area contributed by atoms with Crippen LogP contribution < -0.4 is 19.3 Å². The lowest BCUT2D eigenvalue weighted by molar-refractivity contribution is -0.122. The number of anilines is 2. The third kappa shape index (κ3) is 7.94. The summed E-state index contributed by atoms with van der Waals surface area (Å²) in [6.45, 7) is 0.0809. The normalized spacial score (nSPS) is 11.0. The van der Waals surface area contributed by atoms with Crippen LogP contribution in [0.3, 0.4) is 0 Å². The number of benzene rings is 6. The molecule has 0 spiro atoms. The van der Waals surface area contributed by atoms with Crippen LogP contribution in [0, 0.1) is 0 Å². The van der Waals surface area contributed by atoms with Gasteiger partial charge >= 0.3 is 0 Å². The highest BCUT2D eigenvalue weighted by atomic mass is 79.9. The zero-order valence-corrected chi connectivity index (χ0v) is 31.8. The number of carbonyl (C=O) groups excluding carboxylic acids is 2. The van der Waals surface area contributed by atoms with E-state index in [4.69, 9.17) is 9.47 Å². The summed E-state index contributed by atoms with van der Waals surface area (Å²) in [5, 5.41) is 4.03. The Morgan fingerprint density at radius 3 is 1.29 bits per heavy atom. The molecular weight excluding hydrogens is 868 g/mol. The van der Waals surface area contributed by atoms with Crippen molar-refractivity contribution < 1.29 is 19.1 Å². The van der Waals surface area contributed by atoms with Gasteiger partial charge in [0.1, 0.15) is 11.5 Å². The maximum absolute atomic E-state index is 13.8. The van der Waals surface area contributed by atoms with E-state index in [1.54, 1.807) is 9.80 Å². The van der Waals surface area contributed by atoms with Gasteiger partial charge in [0.15, 0.2) is 13.2 Å². The van der Waals surface area contributed by atoms with Gasteiger partial charge in [-0.3, -0.25) is 9.59 Å². The van der Waals surface area contributed by atoms with E-state index in [-0.39, 0.29) is 38.1 Å². The highest BCUT2D eigenvalue weighted by Gasteiger charge is 2.23. The number of hydrogen-bond donors (Lipinski definition) is 0. The average Bonchev–Trinajstić information content (AvgIpc) is 3.10. The Hall–Kier alpha value is -3.70. The minimum absolute atomic E-state index is 0.190. The number of nitrogens with zero attached hydrogens (tertiary/aromatic N) is 2. The fourth-order valence-electron chi connectivity index (χ4n) is 5.35. The molecule has 6 aromatic carbocycles. The van der Waals surface area contributed by atoms with Crippen LogP contribution >= 0.6 is 63.7 Å². The Labute approximate surface area is 312 Å². The summed E-state index contributed by atoms with van der Waals surface area (Å²) in [5.41, 5.74) is 1.41. The molecule has 0 N–H and O–H groups in total. The molecule has 0 aliphatic carbocycles. The smallest absolute Gasteiger partial charge is 0.264 e. The second-order valence-corrected chi connectivity index (χ2v) is 14.2. The van der Waals surface area contributed by atoms with Crippen LogP contribution in [0.1, 0.15) is 0 Å². The first-order valence-corrected chi connectivity index (χ1v) is 18.2. The van der Waals surface area contributed by atoms with E-state index in [0.29, 0.717) is 22.9 Å². The monoisotopic (exact) mass is 892 g/mol. The van der Waals surface area contributed by atoms with E-state index >= 15 is 0 Å². The summed E-state index contributed by atoms with van der Waals surface area (Å²) < 4.78 is 15.6. The van der Waals surface area contributed by atoms with Crippen molar-refractivity contribution in [2.24, 2.45) is 0 Å². The third-order valence-corrected chi connectivity index (χ3v) is 10.4. The number of carbonyl (C=O) groups is 2. The number of ether oxygens (including phenoxy) is 2. The lowest BCUT2D eigenvalue weighted by Gasteiger charge is -2.28. The van der Waals surface area contributed by atoms with Gasteiger partial charge in [-0.15, -0.1) is 0 Å². The molecule has 0 saturated heterocycles. The molecule has 0 atom stereocenters. The lowest BCUT2D eigenvalue weighted by atomic mass is 10.1. The number of hydrogen-bond acceptors (Lipinski definition) is 4. The van der Waals surface area contributed by atoms with Crippen molar-refractivity contribution in [3.05, 3.63) is 139 Å². The maximum atomic E-state index is 13.8. The molecule has 0 heterocycles. The van der Waals surface area contributed by atoms with Crippen LogP contribution in [0.15, 0.2) is 139 Å². The maximum Gasteiger partial charge on any atom is 0.264 e. The second-order valence-electron chi connectivity index (χ2n) is 10.8. The molecule has 242 valence electrons. The van der Waals surface area contributed by atoms with E-state index in [0.717, 1.165) is 39.4 Å². The molecule has 0 aromatic heterocycles. The van der Waals surface area contributed by atoms with Crippen LogP contribution in [0.4, 0.5) is 11.4 Å². The predicted molar refractivity (Wildman–Crippen MR) is 207 cm³/mol. The number of amides is 2.